The molecule has 2 rings (SSSR count). The Bertz CT molecular complexity index is 548. The van der Waals surface area contributed by atoms with Gasteiger partial charge < -0.3 is 0 Å². The molecule has 90 valence electrons. The first-order chi connectivity index (χ1) is 7.99. The summed E-state index contributed by atoms with van der Waals surface area (Å²) in [7, 11) is 0. The summed E-state index contributed by atoms with van der Waals surface area (Å²) in [5.41, 5.74) is 1.87. The summed E-state index contributed by atoms with van der Waals surface area (Å²) in [6.07, 6.45) is 0. The van der Waals surface area contributed by atoms with Gasteiger partial charge >= 0.3 is 0 Å². The highest BCUT2D eigenvalue weighted by molar-refractivity contribution is 9.10. The van der Waals surface area contributed by atoms with Gasteiger partial charge in [0.2, 0.25) is 0 Å². The van der Waals surface area contributed by atoms with E-state index in [9.17, 15) is 4.39 Å². The van der Waals surface area contributed by atoms with Crippen molar-refractivity contribution >= 4 is 43.2 Å². The molecule has 17 heavy (non-hydrogen) atoms. The minimum absolute atomic E-state index is 0.0845. The largest absolute Gasteiger partial charge is 0.207 e. The molecule has 0 N–H and O–H groups in total. The molecule has 0 spiro atoms. The summed E-state index contributed by atoms with van der Waals surface area (Å²) in [5.74, 6) is -0.180. The summed E-state index contributed by atoms with van der Waals surface area (Å²) in [6.45, 7) is 4.13. The van der Waals surface area contributed by atoms with Gasteiger partial charge in [-0.15, -0.1) is 11.3 Å². The highest BCUT2D eigenvalue weighted by atomic mass is 79.9. The monoisotopic (exact) mass is 376 g/mol. The number of thiophene rings is 1. The zero-order valence-corrected chi connectivity index (χ0v) is 13.4. The Labute approximate surface area is 121 Å². The summed E-state index contributed by atoms with van der Waals surface area (Å²) in [4.78, 5) is 2.33. The Morgan fingerprint density at radius 1 is 1.24 bits per heavy atom. The minimum atomic E-state index is -0.180. The van der Waals surface area contributed by atoms with E-state index in [-0.39, 0.29) is 10.6 Å². The zero-order chi connectivity index (χ0) is 12.6. The van der Waals surface area contributed by atoms with E-state index in [0.717, 1.165) is 4.47 Å². The maximum Gasteiger partial charge on any atom is 0.127 e. The van der Waals surface area contributed by atoms with E-state index in [0.29, 0.717) is 5.56 Å². The lowest BCUT2D eigenvalue weighted by Crippen LogP contribution is -1.95. The van der Waals surface area contributed by atoms with Crippen LogP contribution in [-0.2, 0) is 0 Å². The number of hydrogen-bond acceptors (Lipinski definition) is 1. The topological polar surface area (TPSA) is 0 Å². The molecule has 4 heteroatoms. The lowest BCUT2D eigenvalue weighted by Gasteiger charge is -2.11. The van der Waals surface area contributed by atoms with Crippen molar-refractivity contribution < 1.29 is 4.39 Å². The summed E-state index contributed by atoms with van der Waals surface area (Å²) in [5, 5.41) is 0. The molecule has 0 nitrogen and oxygen atoms in total. The Balaban J connectivity index is 2.46. The van der Waals surface area contributed by atoms with Crippen LogP contribution >= 0.6 is 43.2 Å². The normalized spacial score (nSPS) is 12.8. The number of halogens is 3. The van der Waals surface area contributed by atoms with Gasteiger partial charge in [-0.3, -0.25) is 0 Å². The molecule has 1 aromatic carbocycles. The van der Waals surface area contributed by atoms with Crippen molar-refractivity contribution in [3.05, 3.63) is 55.4 Å². The summed E-state index contributed by atoms with van der Waals surface area (Å²) in [6, 6.07) is 7.15. The fraction of sp³-hybridized carbons (Fsp3) is 0.231. The van der Waals surface area contributed by atoms with E-state index in [1.54, 1.807) is 17.4 Å². The fourth-order valence-electron chi connectivity index (χ4n) is 1.76. The van der Waals surface area contributed by atoms with Gasteiger partial charge in [0.15, 0.2) is 0 Å². The van der Waals surface area contributed by atoms with E-state index in [1.165, 1.54) is 21.4 Å². The summed E-state index contributed by atoms with van der Waals surface area (Å²) < 4.78 is 14.7. The van der Waals surface area contributed by atoms with Crippen LogP contribution in [0.5, 0.6) is 0 Å². The third-order valence-electron chi connectivity index (χ3n) is 2.54. The number of benzene rings is 1. The van der Waals surface area contributed by atoms with E-state index >= 15 is 0 Å². The first-order valence-corrected chi connectivity index (χ1v) is 7.67. The molecule has 0 saturated heterocycles. The van der Waals surface area contributed by atoms with E-state index < -0.39 is 0 Å². The Kier molecular flexibility index (Phi) is 4.06. The van der Waals surface area contributed by atoms with Crippen molar-refractivity contribution in [2.24, 2.45) is 0 Å². The van der Waals surface area contributed by atoms with Gasteiger partial charge in [-0.1, -0.05) is 31.9 Å². The standard InChI is InChI=1S/C13H11Br2FS/c1-7-5-8(2)17-13(7)12(15)10-6-9(14)3-4-11(10)16/h3-6,12H,1-2H3. The average molecular weight is 378 g/mol. The maximum absolute atomic E-state index is 13.8. The van der Waals surface area contributed by atoms with Crippen LogP contribution in [0.3, 0.4) is 0 Å². The van der Waals surface area contributed by atoms with Crippen molar-refractivity contribution in [3.8, 4) is 0 Å². The third-order valence-corrected chi connectivity index (χ3v) is 5.51. The smallest absolute Gasteiger partial charge is 0.127 e. The maximum atomic E-state index is 13.8. The molecular weight excluding hydrogens is 367 g/mol. The van der Waals surface area contributed by atoms with Gasteiger partial charge in [0.25, 0.3) is 0 Å². The van der Waals surface area contributed by atoms with Gasteiger partial charge in [-0.05, 0) is 43.7 Å². The molecule has 0 fully saturated rings. The highest BCUT2D eigenvalue weighted by Crippen LogP contribution is 2.39. The Morgan fingerprint density at radius 2 is 1.94 bits per heavy atom. The van der Waals surface area contributed by atoms with E-state index in [4.69, 9.17) is 0 Å². The molecule has 0 amide bonds. The van der Waals surface area contributed by atoms with Crippen LogP contribution in [-0.4, -0.2) is 0 Å². The van der Waals surface area contributed by atoms with Gasteiger partial charge in [0.1, 0.15) is 5.82 Å². The number of hydrogen-bond donors (Lipinski definition) is 0. The SMILES string of the molecule is Cc1cc(C)c(C(Br)c2cc(Br)ccc2F)s1. The molecule has 0 saturated carbocycles. The number of alkyl halides is 1. The Hall–Kier alpha value is -0.190. The van der Waals surface area contributed by atoms with Gasteiger partial charge in [-0.25, -0.2) is 4.39 Å². The third kappa shape index (κ3) is 2.80. The van der Waals surface area contributed by atoms with Crippen LogP contribution < -0.4 is 0 Å². The van der Waals surface area contributed by atoms with Crippen LogP contribution in [0, 0.1) is 19.7 Å². The van der Waals surface area contributed by atoms with Crippen LogP contribution in [0.25, 0.3) is 0 Å². The highest BCUT2D eigenvalue weighted by Gasteiger charge is 2.19. The molecular formula is C13H11Br2FS. The van der Waals surface area contributed by atoms with Gasteiger partial charge in [0, 0.05) is 19.8 Å². The van der Waals surface area contributed by atoms with Crippen LogP contribution in [0.1, 0.15) is 25.7 Å². The molecule has 0 radical (unpaired) electrons. The van der Waals surface area contributed by atoms with Crippen molar-refractivity contribution in [3.63, 3.8) is 0 Å². The number of aryl methyl sites for hydroxylation is 2. The van der Waals surface area contributed by atoms with Gasteiger partial charge in [-0.2, -0.15) is 0 Å². The quantitative estimate of drug-likeness (QED) is 0.584. The second kappa shape index (κ2) is 5.21. The van der Waals surface area contributed by atoms with Crippen molar-refractivity contribution in [1.29, 1.82) is 0 Å². The lowest BCUT2D eigenvalue weighted by atomic mass is 10.1. The first-order valence-electron chi connectivity index (χ1n) is 5.15. The molecule has 0 aliphatic heterocycles. The van der Waals surface area contributed by atoms with Gasteiger partial charge in [0.05, 0.1) is 4.83 Å². The molecule has 0 aliphatic rings. The number of rotatable bonds is 2. The lowest BCUT2D eigenvalue weighted by molar-refractivity contribution is 0.613. The van der Waals surface area contributed by atoms with E-state index in [1.807, 2.05) is 6.07 Å². The van der Waals surface area contributed by atoms with Crippen molar-refractivity contribution in [2.45, 2.75) is 18.7 Å². The molecule has 0 aliphatic carbocycles. The van der Waals surface area contributed by atoms with Crippen molar-refractivity contribution in [1.82, 2.24) is 0 Å². The average Bonchev–Trinajstić information content (AvgIpc) is 2.60. The van der Waals surface area contributed by atoms with Crippen molar-refractivity contribution in [2.75, 3.05) is 0 Å². The molecule has 1 atom stereocenters. The zero-order valence-electron chi connectivity index (χ0n) is 9.43. The van der Waals surface area contributed by atoms with Crippen LogP contribution in [0.15, 0.2) is 28.7 Å². The predicted molar refractivity (Wildman–Crippen MR) is 78.7 cm³/mol. The Morgan fingerprint density at radius 3 is 2.53 bits per heavy atom. The molecule has 0 bridgehead atoms. The second-order valence-electron chi connectivity index (χ2n) is 3.93. The minimum Gasteiger partial charge on any atom is -0.207 e. The molecule has 1 heterocycles. The molecule has 1 unspecified atom stereocenters. The van der Waals surface area contributed by atoms with Crippen LogP contribution in [0.4, 0.5) is 4.39 Å². The molecule has 2 aromatic rings. The summed E-state index contributed by atoms with van der Waals surface area (Å²) >= 11 is 8.67. The molecule has 1 aromatic heterocycles. The fourth-order valence-corrected chi connectivity index (χ4v) is 4.17. The first kappa shape index (κ1) is 13.2. The van der Waals surface area contributed by atoms with E-state index in [2.05, 4.69) is 51.8 Å². The second-order valence-corrected chi connectivity index (χ2v) is 7.05. The predicted octanol–water partition coefficient (Wildman–Crippen LogP) is 5.75. The van der Waals surface area contributed by atoms with Crippen LogP contribution in [0.2, 0.25) is 0 Å².